The van der Waals surface area contributed by atoms with E-state index in [4.69, 9.17) is 5.73 Å². The molecule has 0 amide bonds. The number of anilines is 1. The number of nitrogen functional groups attached to an aromatic ring is 1. The van der Waals surface area contributed by atoms with Crippen LogP contribution in [0.4, 0.5) is 5.95 Å². The molecular weight excluding hydrogens is 166 g/mol. The molecule has 0 spiro atoms. The number of rotatable bonds is 1. The first-order chi connectivity index (χ1) is 4.70. The van der Waals surface area contributed by atoms with E-state index in [9.17, 15) is 0 Å². The van der Waals surface area contributed by atoms with Crippen LogP contribution in [-0.2, 0) is 0 Å². The minimum absolute atomic E-state index is 0.138. The van der Waals surface area contributed by atoms with Gasteiger partial charge in [0.2, 0.25) is 5.95 Å². The molecule has 0 fully saturated rings. The van der Waals surface area contributed by atoms with Gasteiger partial charge < -0.3 is 5.73 Å². The highest BCUT2D eigenvalue weighted by atomic mass is 32.2. The Morgan fingerprint density at radius 1 is 1.30 bits per heavy atom. The van der Waals surface area contributed by atoms with E-state index in [1.165, 1.54) is 0 Å². The number of nitrogens with zero attached hydrogens (tertiary/aromatic N) is 2. The van der Waals surface area contributed by atoms with Crippen molar-refractivity contribution >= 4 is 31.2 Å². The number of thiol groups is 2. The smallest absolute Gasteiger partial charge is 0.219 e. The zero-order chi connectivity index (χ0) is 7.56. The van der Waals surface area contributed by atoms with Crippen molar-refractivity contribution < 1.29 is 0 Å². The summed E-state index contributed by atoms with van der Waals surface area (Å²) in [7, 11) is 0. The summed E-state index contributed by atoms with van der Waals surface area (Å²) in [6.07, 6.45) is 3.21. The minimum Gasteiger partial charge on any atom is -0.368 e. The van der Waals surface area contributed by atoms with Crippen LogP contribution < -0.4 is 5.73 Å². The molecule has 0 aliphatic carbocycles. The van der Waals surface area contributed by atoms with E-state index >= 15 is 0 Å². The van der Waals surface area contributed by atoms with Crippen molar-refractivity contribution in [1.82, 2.24) is 9.97 Å². The molecule has 3 nitrogen and oxygen atoms in total. The SMILES string of the molecule is Nc1ncc(C(S)S)cn1. The lowest BCUT2D eigenvalue weighted by Gasteiger charge is -2.00. The molecule has 2 N–H and O–H groups in total. The molecule has 0 saturated heterocycles. The van der Waals surface area contributed by atoms with Gasteiger partial charge in [-0.1, -0.05) is 0 Å². The second-order valence-corrected chi connectivity index (χ2v) is 3.19. The third-order valence-electron chi connectivity index (χ3n) is 0.990. The van der Waals surface area contributed by atoms with E-state index < -0.39 is 0 Å². The summed E-state index contributed by atoms with van der Waals surface area (Å²) in [5.74, 6) is 0.270. The lowest BCUT2D eigenvalue weighted by atomic mass is 10.4. The zero-order valence-corrected chi connectivity index (χ0v) is 6.89. The molecule has 0 atom stereocenters. The van der Waals surface area contributed by atoms with Gasteiger partial charge in [0.25, 0.3) is 0 Å². The van der Waals surface area contributed by atoms with Crippen LogP contribution in [0.2, 0.25) is 0 Å². The Kier molecular flexibility index (Phi) is 2.39. The van der Waals surface area contributed by atoms with Crippen LogP contribution in [-0.4, -0.2) is 9.97 Å². The van der Waals surface area contributed by atoms with Crippen LogP contribution in [0, 0.1) is 0 Å². The summed E-state index contributed by atoms with van der Waals surface area (Å²) in [4.78, 5) is 7.54. The maximum absolute atomic E-state index is 5.25. The second-order valence-electron chi connectivity index (χ2n) is 1.75. The number of hydrogen-bond donors (Lipinski definition) is 3. The molecule has 1 aromatic heterocycles. The highest BCUT2D eigenvalue weighted by Gasteiger charge is 1.99. The zero-order valence-electron chi connectivity index (χ0n) is 5.10. The van der Waals surface area contributed by atoms with Gasteiger partial charge in [0.1, 0.15) is 0 Å². The topological polar surface area (TPSA) is 51.8 Å². The fraction of sp³-hybridized carbons (Fsp3) is 0.200. The van der Waals surface area contributed by atoms with Crippen LogP contribution >= 0.6 is 25.3 Å². The molecular formula is C5H7N3S2. The van der Waals surface area contributed by atoms with Gasteiger partial charge in [-0.3, -0.25) is 0 Å². The first kappa shape index (κ1) is 7.68. The van der Waals surface area contributed by atoms with Crippen molar-refractivity contribution in [1.29, 1.82) is 0 Å². The molecule has 10 heavy (non-hydrogen) atoms. The largest absolute Gasteiger partial charge is 0.368 e. The molecule has 0 aromatic carbocycles. The molecule has 0 aliphatic rings. The van der Waals surface area contributed by atoms with Gasteiger partial charge in [-0.15, -0.1) is 0 Å². The van der Waals surface area contributed by atoms with Crippen molar-refractivity contribution in [3.05, 3.63) is 18.0 Å². The van der Waals surface area contributed by atoms with Crippen LogP contribution in [0.25, 0.3) is 0 Å². The summed E-state index contributed by atoms with van der Waals surface area (Å²) in [6.45, 7) is 0. The van der Waals surface area contributed by atoms with Gasteiger partial charge in [0.15, 0.2) is 0 Å². The summed E-state index contributed by atoms with van der Waals surface area (Å²) in [5, 5.41) is 0. The van der Waals surface area contributed by atoms with E-state index in [0.29, 0.717) is 0 Å². The Balaban J connectivity index is 2.89. The lowest BCUT2D eigenvalue weighted by molar-refractivity contribution is 1.13. The normalized spacial score (nSPS) is 10.3. The predicted molar refractivity (Wildman–Crippen MR) is 47.2 cm³/mol. The van der Waals surface area contributed by atoms with E-state index in [2.05, 4.69) is 35.2 Å². The minimum atomic E-state index is -0.138. The van der Waals surface area contributed by atoms with Gasteiger partial charge in [0, 0.05) is 18.0 Å². The maximum Gasteiger partial charge on any atom is 0.219 e. The second kappa shape index (κ2) is 3.12. The molecule has 0 aliphatic heterocycles. The van der Waals surface area contributed by atoms with E-state index in [-0.39, 0.29) is 10.5 Å². The molecule has 54 valence electrons. The van der Waals surface area contributed by atoms with Crippen molar-refractivity contribution in [2.75, 3.05) is 5.73 Å². The lowest BCUT2D eigenvalue weighted by Crippen LogP contribution is -1.95. The van der Waals surface area contributed by atoms with Crippen LogP contribution in [0.3, 0.4) is 0 Å². The monoisotopic (exact) mass is 173 g/mol. The van der Waals surface area contributed by atoms with Crippen molar-refractivity contribution in [3.8, 4) is 0 Å². The molecule has 1 aromatic rings. The highest BCUT2D eigenvalue weighted by Crippen LogP contribution is 2.21. The average molecular weight is 173 g/mol. The Labute approximate surface area is 69.9 Å². The van der Waals surface area contributed by atoms with Crippen molar-refractivity contribution in [2.45, 2.75) is 4.58 Å². The highest BCUT2D eigenvalue weighted by molar-refractivity contribution is 7.98. The van der Waals surface area contributed by atoms with Gasteiger partial charge in [-0.25, -0.2) is 9.97 Å². The van der Waals surface area contributed by atoms with E-state index in [1.54, 1.807) is 12.4 Å². The van der Waals surface area contributed by atoms with Crippen LogP contribution in [0.1, 0.15) is 10.1 Å². The van der Waals surface area contributed by atoms with Crippen LogP contribution in [0.15, 0.2) is 12.4 Å². The third kappa shape index (κ3) is 1.78. The van der Waals surface area contributed by atoms with Gasteiger partial charge in [-0.05, 0) is 0 Å². The molecule has 5 heteroatoms. The quantitative estimate of drug-likeness (QED) is 0.437. The molecule has 0 unspecified atom stereocenters. The fourth-order valence-electron chi connectivity index (χ4n) is 0.481. The Morgan fingerprint density at radius 2 is 1.80 bits per heavy atom. The Bertz CT molecular complexity index is 209. The first-order valence-electron chi connectivity index (χ1n) is 2.63. The molecule has 0 bridgehead atoms. The number of nitrogens with two attached hydrogens (primary N) is 1. The van der Waals surface area contributed by atoms with Crippen molar-refractivity contribution in [2.24, 2.45) is 0 Å². The molecule has 0 saturated carbocycles. The maximum atomic E-state index is 5.25. The van der Waals surface area contributed by atoms with Gasteiger partial charge in [0.05, 0.1) is 4.58 Å². The summed E-state index contributed by atoms with van der Waals surface area (Å²) in [5.41, 5.74) is 6.10. The molecule has 0 radical (unpaired) electrons. The van der Waals surface area contributed by atoms with Crippen LogP contribution in [0.5, 0.6) is 0 Å². The average Bonchev–Trinajstić information content (AvgIpc) is 1.88. The van der Waals surface area contributed by atoms with Gasteiger partial charge >= 0.3 is 0 Å². The fourth-order valence-corrected chi connectivity index (χ4v) is 0.748. The first-order valence-corrected chi connectivity index (χ1v) is 3.67. The summed E-state index contributed by atoms with van der Waals surface area (Å²) < 4.78 is -0.138. The van der Waals surface area contributed by atoms with E-state index in [0.717, 1.165) is 5.56 Å². The molecule has 1 heterocycles. The summed E-state index contributed by atoms with van der Waals surface area (Å²) >= 11 is 8.13. The predicted octanol–water partition coefficient (Wildman–Crippen LogP) is 0.917. The number of hydrogen-bond acceptors (Lipinski definition) is 5. The Morgan fingerprint density at radius 3 is 2.20 bits per heavy atom. The van der Waals surface area contributed by atoms with Gasteiger partial charge in [-0.2, -0.15) is 25.3 Å². The molecule has 1 rings (SSSR count). The van der Waals surface area contributed by atoms with E-state index in [1.807, 2.05) is 0 Å². The number of aromatic nitrogens is 2. The Hall–Kier alpha value is -0.420. The van der Waals surface area contributed by atoms with Crippen molar-refractivity contribution in [3.63, 3.8) is 0 Å². The standard InChI is InChI=1S/C5H7N3S2/c6-5-7-1-3(2-8-5)4(9)10/h1-2,4,9-10H,(H2,6,7,8). The third-order valence-corrected chi connectivity index (χ3v) is 1.59. The summed E-state index contributed by atoms with van der Waals surface area (Å²) in [6, 6.07) is 0.